The zero-order chi connectivity index (χ0) is 25.2. The van der Waals surface area contributed by atoms with Gasteiger partial charge in [0.25, 0.3) is 0 Å². The maximum atomic E-state index is 14.4. The Labute approximate surface area is 188 Å². The maximum absolute atomic E-state index is 14.4. The lowest BCUT2D eigenvalue weighted by Crippen LogP contribution is -2.04. The Bertz CT molecular complexity index is 1500. The quantitative estimate of drug-likeness (QED) is 0.277. The summed E-state index contributed by atoms with van der Waals surface area (Å²) in [5.74, 6) is -4.99. The first-order chi connectivity index (χ1) is 15.9. The van der Waals surface area contributed by atoms with E-state index < -0.39 is 50.9 Å². The van der Waals surface area contributed by atoms with Gasteiger partial charge in [0, 0.05) is 23.2 Å². The monoisotopic (exact) mass is 496 g/mol. The molecule has 0 amide bonds. The first-order valence-corrected chi connectivity index (χ1v) is 10.4. The van der Waals surface area contributed by atoms with Gasteiger partial charge in [0.2, 0.25) is 0 Å². The summed E-state index contributed by atoms with van der Waals surface area (Å²) in [6, 6.07) is 8.58. The van der Waals surface area contributed by atoms with Crippen molar-refractivity contribution in [3.8, 4) is 22.4 Å². The first-order valence-electron chi connectivity index (χ1n) is 8.99. The van der Waals surface area contributed by atoms with Crippen LogP contribution in [0.25, 0.3) is 33.3 Å². The van der Waals surface area contributed by atoms with E-state index in [1.807, 2.05) is 0 Å². The number of hydrogen-bond donors (Lipinski definition) is 3. The number of nitrogens with zero attached hydrogens (tertiary/aromatic N) is 2. The lowest BCUT2D eigenvalue weighted by molar-refractivity contribution is 0.0691. The van der Waals surface area contributed by atoms with Crippen molar-refractivity contribution in [3.05, 3.63) is 83.7 Å². The Balaban J connectivity index is 0.000000588. The number of pyridine rings is 2. The molecule has 0 bridgehead atoms. The molecule has 0 aliphatic heterocycles. The molecule has 3 N–H and O–H groups in total. The third kappa shape index (κ3) is 5.51. The van der Waals surface area contributed by atoms with Gasteiger partial charge in [-0.15, -0.1) is 0 Å². The second-order valence-electron chi connectivity index (χ2n) is 6.58. The largest absolute Gasteiger partial charge is 0.477 e. The lowest BCUT2D eigenvalue weighted by atomic mass is 9.97. The molecular formula is C21H12F4N2O6S. The van der Waals surface area contributed by atoms with Gasteiger partial charge in [0.15, 0.2) is 0 Å². The smallest absolute Gasteiger partial charge is 0.394 e. The molecule has 0 unspecified atom stereocenters. The van der Waals surface area contributed by atoms with E-state index in [-0.39, 0.29) is 27.7 Å². The number of rotatable bonds is 3. The highest BCUT2D eigenvalue weighted by Gasteiger charge is 2.21. The molecule has 0 fully saturated rings. The number of hydrogen-bond acceptors (Lipinski definition) is 5. The van der Waals surface area contributed by atoms with Crippen LogP contribution in [0, 0.1) is 23.3 Å². The Morgan fingerprint density at radius 2 is 1.47 bits per heavy atom. The van der Waals surface area contributed by atoms with Gasteiger partial charge in [-0.05, 0) is 42.0 Å². The van der Waals surface area contributed by atoms with E-state index in [9.17, 15) is 27.5 Å². The van der Waals surface area contributed by atoms with E-state index in [0.29, 0.717) is 6.07 Å². The van der Waals surface area contributed by atoms with Gasteiger partial charge < -0.3 is 5.11 Å². The Kier molecular flexibility index (Phi) is 6.91. The van der Waals surface area contributed by atoms with Crippen molar-refractivity contribution in [2.45, 2.75) is 0 Å². The molecule has 13 heteroatoms. The number of aromatic nitrogens is 2. The average molecular weight is 496 g/mol. The number of halogens is 4. The van der Waals surface area contributed by atoms with Crippen molar-refractivity contribution in [1.29, 1.82) is 0 Å². The molecule has 176 valence electrons. The van der Waals surface area contributed by atoms with E-state index in [0.717, 1.165) is 30.3 Å². The van der Waals surface area contributed by atoms with Crippen LogP contribution in [0.15, 0.2) is 54.7 Å². The number of carboxylic acids is 1. The highest BCUT2D eigenvalue weighted by Crippen LogP contribution is 2.36. The van der Waals surface area contributed by atoms with Gasteiger partial charge in [-0.25, -0.2) is 27.3 Å². The highest BCUT2D eigenvalue weighted by atomic mass is 32.3. The van der Waals surface area contributed by atoms with Crippen LogP contribution < -0.4 is 0 Å². The zero-order valence-corrected chi connectivity index (χ0v) is 17.4. The van der Waals surface area contributed by atoms with Crippen LogP contribution in [0.3, 0.4) is 0 Å². The number of carboxylic acid groups (broad SMARTS) is 1. The molecule has 0 saturated heterocycles. The summed E-state index contributed by atoms with van der Waals surface area (Å²) in [5, 5.41) is 9.62. The fourth-order valence-corrected chi connectivity index (χ4v) is 3.10. The van der Waals surface area contributed by atoms with E-state index in [4.69, 9.17) is 17.5 Å². The predicted molar refractivity (Wildman–Crippen MR) is 111 cm³/mol. The molecule has 0 atom stereocenters. The van der Waals surface area contributed by atoms with Crippen LogP contribution in [0.1, 0.15) is 10.5 Å². The molecule has 2 aromatic carbocycles. The third-order valence-electron chi connectivity index (χ3n) is 4.37. The standard InChI is InChI=1S/C21H10F4N2O2.H2O4S/c22-10-4-5-11(16(25)8-10)13-9-17(21(28)29)27-19-12(13)6-7-26-20(19)18-14(23)2-1-3-15(18)24;1-5(2,3)4/h1-9H,(H,28,29);(H2,1,2,3,4). The van der Waals surface area contributed by atoms with Crippen LogP contribution in [0.4, 0.5) is 17.6 Å². The topological polar surface area (TPSA) is 138 Å². The van der Waals surface area contributed by atoms with E-state index in [2.05, 4.69) is 9.97 Å². The first kappa shape index (κ1) is 24.7. The summed E-state index contributed by atoms with van der Waals surface area (Å²) >= 11 is 0. The molecule has 2 heterocycles. The normalized spacial score (nSPS) is 11.1. The van der Waals surface area contributed by atoms with Gasteiger partial charge in [-0.1, -0.05) is 6.07 Å². The van der Waals surface area contributed by atoms with Crippen molar-refractivity contribution in [2.75, 3.05) is 0 Å². The molecule has 4 aromatic rings. The number of benzene rings is 2. The molecule has 34 heavy (non-hydrogen) atoms. The second-order valence-corrected chi connectivity index (χ2v) is 7.48. The summed E-state index contributed by atoms with van der Waals surface area (Å²) in [6.07, 6.45) is 1.25. The molecule has 0 aliphatic carbocycles. The van der Waals surface area contributed by atoms with Gasteiger partial charge in [-0.2, -0.15) is 8.42 Å². The molecule has 0 aliphatic rings. The lowest BCUT2D eigenvalue weighted by Gasteiger charge is -2.12. The number of aromatic carboxylic acids is 1. The Morgan fingerprint density at radius 3 is 2.03 bits per heavy atom. The van der Waals surface area contributed by atoms with Gasteiger partial charge in [-0.3, -0.25) is 14.1 Å². The van der Waals surface area contributed by atoms with Crippen molar-refractivity contribution in [1.82, 2.24) is 9.97 Å². The molecule has 0 spiro atoms. The van der Waals surface area contributed by atoms with Gasteiger partial charge >= 0.3 is 16.4 Å². The maximum Gasteiger partial charge on any atom is 0.394 e. The van der Waals surface area contributed by atoms with Crippen LogP contribution >= 0.6 is 0 Å². The fraction of sp³-hybridized carbons (Fsp3) is 0. The van der Waals surface area contributed by atoms with Crippen molar-refractivity contribution >= 4 is 27.3 Å². The van der Waals surface area contributed by atoms with E-state index in [1.54, 1.807) is 0 Å². The highest BCUT2D eigenvalue weighted by molar-refractivity contribution is 7.79. The zero-order valence-electron chi connectivity index (χ0n) is 16.6. The average Bonchev–Trinajstić information content (AvgIpc) is 2.72. The molecular weight excluding hydrogens is 484 g/mol. The van der Waals surface area contributed by atoms with Crippen LogP contribution in [-0.4, -0.2) is 38.6 Å². The molecule has 4 rings (SSSR count). The fourth-order valence-electron chi connectivity index (χ4n) is 3.10. The Morgan fingerprint density at radius 1 is 0.853 bits per heavy atom. The number of carbonyl (C=O) groups is 1. The summed E-state index contributed by atoms with van der Waals surface area (Å²) in [6.45, 7) is 0. The van der Waals surface area contributed by atoms with E-state index >= 15 is 0 Å². The van der Waals surface area contributed by atoms with Crippen molar-refractivity contribution < 1.29 is 45.0 Å². The molecule has 2 aromatic heterocycles. The minimum Gasteiger partial charge on any atom is -0.477 e. The predicted octanol–water partition coefficient (Wildman–Crippen LogP) is 4.57. The van der Waals surface area contributed by atoms with Gasteiger partial charge in [0.05, 0.1) is 11.1 Å². The second kappa shape index (κ2) is 9.51. The van der Waals surface area contributed by atoms with Crippen molar-refractivity contribution in [3.63, 3.8) is 0 Å². The van der Waals surface area contributed by atoms with E-state index in [1.165, 1.54) is 18.3 Å². The molecule has 0 saturated carbocycles. The SMILES string of the molecule is O=C(O)c1cc(-c2ccc(F)cc2F)c2ccnc(-c3c(F)cccc3F)c2n1.O=S(=O)(O)O. The Hall–Kier alpha value is -3.94. The molecule has 8 nitrogen and oxygen atoms in total. The van der Waals surface area contributed by atoms with Crippen molar-refractivity contribution in [2.24, 2.45) is 0 Å². The van der Waals surface area contributed by atoms with Gasteiger partial charge in [0.1, 0.15) is 34.7 Å². The minimum absolute atomic E-state index is 0.0743. The summed E-state index contributed by atoms with van der Waals surface area (Å²) in [7, 11) is -4.67. The van der Waals surface area contributed by atoms with Crippen LogP contribution in [0.5, 0.6) is 0 Å². The molecule has 0 radical (unpaired) electrons. The van der Waals surface area contributed by atoms with Crippen LogP contribution in [0.2, 0.25) is 0 Å². The summed E-state index contributed by atoms with van der Waals surface area (Å²) in [5.41, 5.74) is -1.35. The minimum atomic E-state index is -4.67. The summed E-state index contributed by atoms with van der Waals surface area (Å²) in [4.78, 5) is 19.5. The summed E-state index contributed by atoms with van der Waals surface area (Å²) < 4.78 is 88.0. The third-order valence-corrected chi connectivity index (χ3v) is 4.37. The number of fused-ring (bicyclic) bond motifs is 1. The van der Waals surface area contributed by atoms with Crippen LogP contribution in [-0.2, 0) is 10.4 Å².